The van der Waals surface area contributed by atoms with E-state index in [1.54, 1.807) is 0 Å². The van der Waals surface area contributed by atoms with Crippen molar-refractivity contribution in [1.29, 1.82) is 0 Å². The third kappa shape index (κ3) is 3.22. The minimum absolute atomic E-state index is 0.865. The molecule has 62 valence electrons. The average molecular weight is 226 g/mol. The normalized spacial score (nSPS) is 15.6. The Morgan fingerprint density at radius 2 is 1.70 bits per heavy atom. The number of carbonyl (C=O) groups excluding carboxylic acids is 1. The van der Waals surface area contributed by atoms with Crippen LogP contribution in [0.25, 0.3) is 0 Å². The Hall–Kier alpha value is 0.730. The molecule has 0 bridgehead atoms. The predicted octanol–water partition coefficient (Wildman–Crippen LogP) is 2.59. The zero-order valence-electron chi connectivity index (χ0n) is 5.38. The van der Waals surface area contributed by atoms with Crippen molar-refractivity contribution < 1.29 is 9.69 Å². The fourth-order valence-corrected chi connectivity index (χ4v) is 2.31. The van der Waals surface area contributed by atoms with E-state index in [1.165, 1.54) is 14.1 Å². The van der Waals surface area contributed by atoms with Crippen molar-refractivity contribution in [3.63, 3.8) is 0 Å². The van der Waals surface area contributed by atoms with Gasteiger partial charge < -0.3 is 0 Å². The minimum atomic E-state index is -4.58. The first kappa shape index (κ1) is 10.7. The van der Waals surface area contributed by atoms with Gasteiger partial charge >= 0.3 is 72.9 Å². The summed E-state index contributed by atoms with van der Waals surface area (Å²) in [5.41, 5.74) is -0.865. The Bertz CT molecular complexity index is 154. The summed E-state index contributed by atoms with van der Waals surface area (Å²) >= 11 is 15.5. The summed E-state index contributed by atoms with van der Waals surface area (Å²) in [6.07, 6.45) is 0. The monoisotopic (exact) mass is 225 g/mol. The molecule has 1 amide bonds. The number of halogens is 3. The first-order valence-corrected chi connectivity index (χ1v) is 7.16. The van der Waals surface area contributed by atoms with Crippen molar-refractivity contribution in [3.05, 3.63) is 0 Å². The van der Waals surface area contributed by atoms with Crippen molar-refractivity contribution in [2.75, 3.05) is 14.1 Å². The Balaban J connectivity index is 4.53. The van der Waals surface area contributed by atoms with Crippen LogP contribution in [0.15, 0.2) is 0 Å². The quantitative estimate of drug-likeness (QED) is 0.698. The molecule has 0 spiro atoms. The zero-order chi connectivity index (χ0) is 8.60. The van der Waals surface area contributed by atoms with Gasteiger partial charge in [-0.2, -0.15) is 0 Å². The van der Waals surface area contributed by atoms with Crippen LogP contribution in [0.4, 0.5) is 4.79 Å². The van der Waals surface area contributed by atoms with E-state index in [0.29, 0.717) is 0 Å². The maximum atomic E-state index is 10.8. The molecule has 0 radical (unpaired) electrons. The summed E-state index contributed by atoms with van der Waals surface area (Å²) in [5.74, 6) is 0. The molecule has 7 heteroatoms. The van der Waals surface area contributed by atoms with E-state index in [2.05, 4.69) is 0 Å². The number of amides is 1. The molecular weight excluding hydrogens is 219 g/mol. The number of nitrogens with zero attached hydrogens (tertiary/aromatic N) is 1. The van der Waals surface area contributed by atoms with Gasteiger partial charge in [0.2, 0.25) is 0 Å². The average Bonchev–Trinajstić information content (AvgIpc) is 1.59. The Kier molecular flexibility index (Phi) is 2.84. The molecule has 0 unspecified atom stereocenters. The molecule has 0 atom stereocenters. The summed E-state index contributed by atoms with van der Waals surface area (Å²) in [5, 5.41) is 0. The van der Waals surface area contributed by atoms with E-state index in [4.69, 9.17) is 38.6 Å². The number of rotatable bonds is 1. The van der Waals surface area contributed by atoms with E-state index >= 15 is 0 Å². The van der Waals surface area contributed by atoms with Crippen LogP contribution in [0, 0.1) is 0 Å². The molecule has 3 nitrogen and oxygen atoms in total. The molecule has 0 aromatic carbocycles. The molecular formula is C3H7Cl3NO2P. The van der Waals surface area contributed by atoms with Gasteiger partial charge in [-0.05, 0) is 0 Å². The van der Waals surface area contributed by atoms with Crippen LogP contribution in [-0.4, -0.2) is 29.5 Å². The van der Waals surface area contributed by atoms with E-state index in [9.17, 15) is 4.79 Å². The molecule has 1 N–H and O–H groups in total. The van der Waals surface area contributed by atoms with Crippen molar-refractivity contribution in [3.8, 4) is 0 Å². The van der Waals surface area contributed by atoms with Crippen LogP contribution in [0.5, 0.6) is 0 Å². The molecule has 0 saturated heterocycles. The van der Waals surface area contributed by atoms with Crippen LogP contribution in [0.2, 0.25) is 0 Å². The van der Waals surface area contributed by atoms with Crippen LogP contribution < -0.4 is 0 Å². The summed E-state index contributed by atoms with van der Waals surface area (Å²) in [6.45, 7) is 0. The van der Waals surface area contributed by atoms with Crippen molar-refractivity contribution in [2.24, 2.45) is 0 Å². The first-order valence-electron chi connectivity index (χ1n) is 2.25. The second-order valence-corrected chi connectivity index (χ2v) is 11.4. The van der Waals surface area contributed by atoms with Crippen LogP contribution in [0.1, 0.15) is 0 Å². The van der Waals surface area contributed by atoms with Gasteiger partial charge in [-0.25, -0.2) is 0 Å². The number of hydrogen-bond acceptors (Lipinski definition) is 2. The molecule has 0 aromatic heterocycles. The predicted molar refractivity (Wildman–Crippen MR) is 45.8 cm³/mol. The Morgan fingerprint density at radius 3 is 1.70 bits per heavy atom. The van der Waals surface area contributed by atoms with E-state index in [0.717, 1.165) is 4.90 Å². The van der Waals surface area contributed by atoms with Gasteiger partial charge in [0.25, 0.3) is 0 Å². The third-order valence-electron chi connectivity index (χ3n) is 0.685. The van der Waals surface area contributed by atoms with Crippen molar-refractivity contribution >= 4 is 44.3 Å². The standard InChI is InChI=1S/C3H7Cl3NO2P/c1-7(2)3(8)10(4,5,6)9/h9H,1-2H3. The summed E-state index contributed by atoms with van der Waals surface area (Å²) in [7, 11) is 2.79. The summed E-state index contributed by atoms with van der Waals surface area (Å²) in [4.78, 5) is 16.2. The van der Waals surface area contributed by atoms with Crippen LogP contribution in [-0.2, 0) is 0 Å². The number of hydrogen-bond donors (Lipinski definition) is 1. The first-order chi connectivity index (χ1) is 4.11. The van der Waals surface area contributed by atoms with Gasteiger partial charge in [0, 0.05) is 0 Å². The van der Waals surface area contributed by atoms with E-state index in [-0.39, 0.29) is 0 Å². The summed E-state index contributed by atoms with van der Waals surface area (Å²) < 4.78 is 0. The maximum absolute atomic E-state index is 10.8. The van der Waals surface area contributed by atoms with Crippen molar-refractivity contribution in [1.82, 2.24) is 4.90 Å². The molecule has 0 saturated carbocycles. The van der Waals surface area contributed by atoms with E-state index < -0.39 is 10.5 Å². The van der Waals surface area contributed by atoms with E-state index in [1.807, 2.05) is 0 Å². The molecule has 0 aliphatic rings. The molecule has 0 aromatic rings. The molecule has 0 rings (SSSR count). The fourth-order valence-electron chi connectivity index (χ4n) is 0.316. The third-order valence-corrected chi connectivity index (χ3v) is 2.99. The number of carbonyl (C=O) groups is 1. The van der Waals surface area contributed by atoms with Crippen molar-refractivity contribution in [2.45, 2.75) is 0 Å². The zero-order valence-corrected chi connectivity index (χ0v) is 8.55. The molecule has 10 heavy (non-hydrogen) atoms. The fraction of sp³-hybridized carbons (Fsp3) is 0.667. The Labute approximate surface area is 73.2 Å². The second-order valence-electron chi connectivity index (χ2n) is 1.95. The van der Waals surface area contributed by atoms with Gasteiger partial charge in [-0.15, -0.1) is 0 Å². The summed E-state index contributed by atoms with van der Waals surface area (Å²) in [6, 6.07) is 0. The van der Waals surface area contributed by atoms with Gasteiger partial charge in [0.05, 0.1) is 0 Å². The molecule has 0 aliphatic carbocycles. The van der Waals surface area contributed by atoms with Gasteiger partial charge in [-0.3, -0.25) is 0 Å². The van der Waals surface area contributed by atoms with Crippen LogP contribution >= 0.6 is 38.6 Å². The topological polar surface area (TPSA) is 40.5 Å². The SMILES string of the molecule is CN(C)C(=O)P(O)(Cl)(Cl)Cl. The Morgan fingerprint density at radius 1 is 1.40 bits per heavy atom. The molecule has 0 aliphatic heterocycles. The van der Waals surface area contributed by atoms with Gasteiger partial charge in [0.15, 0.2) is 0 Å². The molecule has 0 heterocycles. The second kappa shape index (κ2) is 2.65. The van der Waals surface area contributed by atoms with Crippen LogP contribution in [0.3, 0.4) is 0 Å². The van der Waals surface area contributed by atoms with Gasteiger partial charge in [-0.1, -0.05) is 0 Å². The van der Waals surface area contributed by atoms with Gasteiger partial charge in [0.1, 0.15) is 0 Å². The molecule has 0 fully saturated rings.